The maximum atomic E-state index is 12.8. The second kappa shape index (κ2) is 9.05. The predicted molar refractivity (Wildman–Crippen MR) is 121 cm³/mol. The molecule has 1 saturated heterocycles. The third-order valence-electron chi connectivity index (χ3n) is 6.54. The fourth-order valence-electron chi connectivity index (χ4n) is 5.07. The van der Waals surface area contributed by atoms with Crippen molar-refractivity contribution in [3.63, 3.8) is 0 Å². The molecule has 170 valence electrons. The number of esters is 1. The van der Waals surface area contributed by atoms with E-state index in [2.05, 4.69) is 37.2 Å². The van der Waals surface area contributed by atoms with Crippen LogP contribution in [0.5, 0.6) is 0 Å². The van der Waals surface area contributed by atoms with Crippen LogP contribution in [0.2, 0.25) is 0 Å². The first-order chi connectivity index (χ1) is 15.2. The molecule has 1 aromatic rings. The average Bonchev–Trinajstić information content (AvgIpc) is 3.36. The first-order valence-electron chi connectivity index (χ1n) is 10.4. The van der Waals surface area contributed by atoms with Crippen molar-refractivity contribution >= 4 is 67.0 Å². The monoisotopic (exact) mass is 568 g/mol. The Kier molecular flexibility index (Phi) is 6.53. The number of carbonyl (C=O) groups is 5. The maximum absolute atomic E-state index is 12.8. The van der Waals surface area contributed by atoms with Crippen molar-refractivity contribution in [2.24, 2.45) is 23.7 Å². The van der Waals surface area contributed by atoms with E-state index >= 15 is 0 Å². The summed E-state index contributed by atoms with van der Waals surface area (Å²) in [5, 5.41) is 2.56. The highest BCUT2D eigenvalue weighted by molar-refractivity contribution is 9.12. The van der Waals surface area contributed by atoms with E-state index in [1.165, 1.54) is 17.9 Å². The van der Waals surface area contributed by atoms with Crippen LogP contribution in [0.4, 0.5) is 5.69 Å². The lowest BCUT2D eigenvalue weighted by molar-refractivity contribution is -0.149. The van der Waals surface area contributed by atoms with Gasteiger partial charge in [0.25, 0.3) is 5.91 Å². The van der Waals surface area contributed by atoms with Gasteiger partial charge in [0.1, 0.15) is 0 Å². The summed E-state index contributed by atoms with van der Waals surface area (Å²) in [6.07, 6.45) is 0.674. The summed E-state index contributed by atoms with van der Waals surface area (Å²) >= 11 is 7.28. The summed E-state index contributed by atoms with van der Waals surface area (Å²) in [5.74, 6) is -2.19. The number of ketones is 1. The van der Waals surface area contributed by atoms with Gasteiger partial charge in [-0.1, -0.05) is 44.0 Å². The fourth-order valence-corrected chi connectivity index (χ4v) is 6.94. The third kappa shape index (κ3) is 4.14. The molecule has 1 aromatic carbocycles. The van der Waals surface area contributed by atoms with Gasteiger partial charge in [0, 0.05) is 27.4 Å². The van der Waals surface area contributed by atoms with Crippen LogP contribution in [0.1, 0.15) is 30.1 Å². The minimum Gasteiger partial charge on any atom is -0.456 e. The molecule has 6 atom stereocenters. The Labute approximate surface area is 201 Å². The van der Waals surface area contributed by atoms with Crippen molar-refractivity contribution in [2.75, 3.05) is 18.5 Å². The molecule has 3 fully saturated rings. The van der Waals surface area contributed by atoms with E-state index in [9.17, 15) is 24.0 Å². The third-order valence-corrected chi connectivity index (χ3v) is 9.74. The number of nitrogens with one attached hydrogen (secondary N) is 1. The van der Waals surface area contributed by atoms with E-state index in [0.29, 0.717) is 11.3 Å². The fraction of sp³-hybridized carbons (Fsp3) is 0.500. The number of alkyl halides is 2. The molecule has 2 bridgehead atoms. The number of nitrogens with zero attached hydrogens (tertiary/aromatic N) is 1. The lowest BCUT2D eigenvalue weighted by Crippen LogP contribution is -2.37. The summed E-state index contributed by atoms with van der Waals surface area (Å²) in [4.78, 5) is 62.7. The zero-order valence-electron chi connectivity index (χ0n) is 17.3. The molecule has 2 saturated carbocycles. The van der Waals surface area contributed by atoms with Gasteiger partial charge in [-0.25, -0.2) is 0 Å². The number of hydrogen-bond donors (Lipinski definition) is 1. The predicted octanol–water partition coefficient (Wildman–Crippen LogP) is 2.54. The van der Waals surface area contributed by atoms with E-state index in [1.54, 1.807) is 18.2 Å². The van der Waals surface area contributed by atoms with Gasteiger partial charge in [0.15, 0.2) is 12.4 Å². The molecule has 3 amide bonds. The Morgan fingerprint density at radius 2 is 1.72 bits per heavy atom. The van der Waals surface area contributed by atoms with E-state index in [4.69, 9.17) is 4.74 Å². The van der Waals surface area contributed by atoms with Crippen molar-refractivity contribution in [3.05, 3.63) is 29.8 Å². The Bertz CT molecular complexity index is 966. The standard InChI is InChI=1S/C22H22Br2N2O6/c1-10(27)11-3-2-4-12(7-11)25-15(28)9-32-16(29)5-6-26-21(30)17-13-8-14(18(17)22(26)31)20(24)19(13)23/h2-4,7,13-14,17-20H,5-6,8-9H2,1H3,(H,25,28)/t13-,14-,17-,18+,19+,20+/m1/s1. The van der Waals surface area contributed by atoms with Gasteiger partial charge >= 0.3 is 5.97 Å². The Morgan fingerprint density at radius 3 is 2.31 bits per heavy atom. The zero-order valence-corrected chi connectivity index (χ0v) is 20.4. The van der Waals surface area contributed by atoms with E-state index in [1.807, 2.05) is 0 Å². The SMILES string of the molecule is CC(=O)c1cccc(NC(=O)COC(=O)CCN2C(=O)[C@@H]3[C@H]4C[C@@H]([C@H](Br)[C@H]4Br)[C@@H]3C2=O)c1. The molecule has 1 N–H and O–H groups in total. The summed E-state index contributed by atoms with van der Waals surface area (Å²) in [6, 6.07) is 6.43. The zero-order chi connectivity index (χ0) is 23.2. The highest BCUT2D eigenvalue weighted by Crippen LogP contribution is 2.60. The number of rotatable bonds is 7. The number of benzene rings is 1. The molecule has 4 rings (SSSR count). The lowest BCUT2D eigenvalue weighted by atomic mass is 9.81. The molecule has 0 unspecified atom stereocenters. The van der Waals surface area contributed by atoms with Gasteiger partial charge in [0.05, 0.1) is 18.3 Å². The molecule has 32 heavy (non-hydrogen) atoms. The summed E-state index contributed by atoms with van der Waals surface area (Å²) in [5.41, 5.74) is 0.874. The van der Waals surface area contributed by atoms with Gasteiger partial charge < -0.3 is 10.1 Å². The summed E-state index contributed by atoms with van der Waals surface area (Å²) in [7, 11) is 0. The number of anilines is 1. The number of carbonyl (C=O) groups excluding carboxylic acids is 5. The van der Waals surface area contributed by atoms with Crippen molar-refractivity contribution in [3.8, 4) is 0 Å². The molecular formula is C22H22Br2N2O6. The van der Waals surface area contributed by atoms with Gasteiger partial charge in [-0.3, -0.25) is 28.9 Å². The van der Waals surface area contributed by atoms with E-state index < -0.39 is 18.5 Å². The van der Waals surface area contributed by atoms with Gasteiger partial charge in [-0.05, 0) is 37.3 Å². The van der Waals surface area contributed by atoms with Crippen molar-refractivity contribution < 1.29 is 28.7 Å². The molecule has 0 aromatic heterocycles. The van der Waals surface area contributed by atoms with Crippen molar-refractivity contribution in [1.82, 2.24) is 4.90 Å². The second-order valence-electron chi connectivity index (χ2n) is 8.43. The highest BCUT2D eigenvalue weighted by Gasteiger charge is 2.66. The molecule has 0 spiro atoms. The van der Waals surface area contributed by atoms with E-state index in [-0.39, 0.29) is 63.9 Å². The Balaban J connectivity index is 1.25. The lowest BCUT2D eigenvalue weighted by Gasteiger charge is -2.28. The molecule has 8 nitrogen and oxygen atoms in total. The minimum atomic E-state index is -0.671. The molecule has 3 aliphatic rings. The summed E-state index contributed by atoms with van der Waals surface area (Å²) in [6.45, 7) is 0.870. The van der Waals surface area contributed by atoms with Crippen LogP contribution in [-0.4, -0.2) is 57.2 Å². The largest absolute Gasteiger partial charge is 0.456 e. The smallest absolute Gasteiger partial charge is 0.308 e. The van der Waals surface area contributed by atoms with Crippen LogP contribution in [0.25, 0.3) is 0 Å². The number of ether oxygens (including phenoxy) is 1. The van der Waals surface area contributed by atoms with Crippen LogP contribution < -0.4 is 5.32 Å². The van der Waals surface area contributed by atoms with E-state index in [0.717, 1.165) is 6.42 Å². The Morgan fingerprint density at radius 1 is 1.09 bits per heavy atom. The molecular weight excluding hydrogens is 548 g/mol. The van der Waals surface area contributed by atoms with Crippen LogP contribution in [0.3, 0.4) is 0 Å². The second-order valence-corrected chi connectivity index (χ2v) is 10.5. The van der Waals surface area contributed by atoms with Gasteiger partial charge in [0.2, 0.25) is 11.8 Å². The minimum absolute atomic E-state index is 0.0505. The molecule has 10 heteroatoms. The van der Waals surface area contributed by atoms with Gasteiger partial charge in [-0.2, -0.15) is 0 Å². The van der Waals surface area contributed by atoms with Gasteiger partial charge in [-0.15, -0.1) is 0 Å². The highest BCUT2D eigenvalue weighted by atomic mass is 79.9. The number of amides is 3. The quantitative estimate of drug-likeness (QED) is 0.234. The number of halogens is 2. The van der Waals surface area contributed by atoms with Crippen LogP contribution in [-0.2, 0) is 23.9 Å². The number of Topliss-reactive ketones (excluding diaryl/α,β-unsaturated/α-hetero) is 1. The number of likely N-dealkylation sites (tertiary alicyclic amines) is 1. The molecule has 0 radical (unpaired) electrons. The van der Waals surface area contributed by atoms with Crippen molar-refractivity contribution in [1.29, 1.82) is 0 Å². The topological polar surface area (TPSA) is 110 Å². The first kappa shape index (κ1) is 23.1. The number of fused-ring (bicyclic) bond motifs is 5. The molecule has 2 aliphatic carbocycles. The average molecular weight is 570 g/mol. The molecule has 1 aliphatic heterocycles. The molecule has 1 heterocycles. The Hall–Kier alpha value is -2.07. The normalized spacial score (nSPS) is 30.4. The number of hydrogen-bond acceptors (Lipinski definition) is 6. The van der Waals surface area contributed by atoms with Crippen LogP contribution in [0, 0.1) is 23.7 Å². The van der Waals surface area contributed by atoms with Crippen LogP contribution in [0.15, 0.2) is 24.3 Å². The maximum Gasteiger partial charge on any atom is 0.308 e. The summed E-state index contributed by atoms with van der Waals surface area (Å²) < 4.78 is 4.98. The van der Waals surface area contributed by atoms with Crippen molar-refractivity contribution in [2.45, 2.75) is 29.4 Å². The van der Waals surface area contributed by atoms with Crippen LogP contribution >= 0.6 is 31.9 Å². The number of imide groups is 1. The first-order valence-corrected chi connectivity index (χ1v) is 12.2.